The standard InChI is InChI=1S/C18H18N6O3/c1-13-3-2-4-17-20-15(12-23(13)17)18(25)22-9-7-21(8-10-22)16-6-5-14(11-19-16)24(26)27/h2-6,11-12H,7-10H2,1H3. The monoisotopic (exact) mass is 366 g/mol. The molecule has 9 nitrogen and oxygen atoms in total. The van der Waals surface area contributed by atoms with Crippen LogP contribution in [0, 0.1) is 17.0 Å². The molecule has 3 aromatic heterocycles. The number of pyridine rings is 2. The molecule has 1 saturated heterocycles. The molecular weight excluding hydrogens is 348 g/mol. The number of carbonyl (C=O) groups excluding carboxylic acids is 1. The van der Waals surface area contributed by atoms with Crippen LogP contribution in [0.5, 0.6) is 0 Å². The predicted octanol–water partition coefficient (Wildman–Crippen LogP) is 1.91. The van der Waals surface area contributed by atoms with Gasteiger partial charge in [0.05, 0.1) is 4.92 Å². The number of nitro groups is 1. The lowest BCUT2D eigenvalue weighted by molar-refractivity contribution is -0.385. The fraction of sp³-hybridized carbons (Fsp3) is 0.278. The molecule has 9 heteroatoms. The van der Waals surface area contributed by atoms with Crippen LogP contribution >= 0.6 is 0 Å². The molecule has 0 N–H and O–H groups in total. The summed E-state index contributed by atoms with van der Waals surface area (Å²) in [6, 6.07) is 8.85. The molecule has 138 valence electrons. The number of aryl methyl sites for hydroxylation is 1. The number of fused-ring (bicyclic) bond motifs is 1. The third-order valence-corrected chi connectivity index (χ3v) is 4.75. The molecule has 1 aliphatic rings. The Labute approximate surface area is 155 Å². The number of piperazine rings is 1. The van der Waals surface area contributed by atoms with Crippen molar-refractivity contribution in [1.29, 1.82) is 0 Å². The average molecular weight is 366 g/mol. The minimum absolute atomic E-state index is 0.0327. The van der Waals surface area contributed by atoms with Gasteiger partial charge in [-0.3, -0.25) is 14.9 Å². The highest BCUT2D eigenvalue weighted by atomic mass is 16.6. The van der Waals surface area contributed by atoms with Gasteiger partial charge in [0.1, 0.15) is 23.4 Å². The smallest absolute Gasteiger partial charge is 0.287 e. The second-order valence-corrected chi connectivity index (χ2v) is 6.43. The summed E-state index contributed by atoms with van der Waals surface area (Å²) < 4.78 is 1.91. The summed E-state index contributed by atoms with van der Waals surface area (Å²) in [7, 11) is 0. The summed E-state index contributed by atoms with van der Waals surface area (Å²) in [5.41, 5.74) is 2.18. The van der Waals surface area contributed by atoms with Crippen LogP contribution in [0.1, 0.15) is 16.2 Å². The van der Waals surface area contributed by atoms with Gasteiger partial charge in [0.15, 0.2) is 0 Å². The van der Waals surface area contributed by atoms with E-state index in [0.29, 0.717) is 37.7 Å². The average Bonchev–Trinajstić information content (AvgIpc) is 3.13. The van der Waals surface area contributed by atoms with Crippen molar-refractivity contribution in [3.05, 3.63) is 64.2 Å². The lowest BCUT2D eigenvalue weighted by Gasteiger charge is -2.35. The van der Waals surface area contributed by atoms with Gasteiger partial charge in [0.25, 0.3) is 11.6 Å². The van der Waals surface area contributed by atoms with Gasteiger partial charge in [-0.1, -0.05) is 6.07 Å². The largest absolute Gasteiger partial charge is 0.353 e. The molecule has 0 aliphatic carbocycles. The molecule has 1 fully saturated rings. The van der Waals surface area contributed by atoms with Crippen molar-refractivity contribution in [3.63, 3.8) is 0 Å². The first-order valence-electron chi connectivity index (χ1n) is 8.62. The van der Waals surface area contributed by atoms with Crippen molar-refractivity contribution in [1.82, 2.24) is 19.3 Å². The van der Waals surface area contributed by atoms with Crippen LogP contribution in [0.4, 0.5) is 11.5 Å². The number of carbonyl (C=O) groups is 1. The molecule has 0 atom stereocenters. The summed E-state index contributed by atoms with van der Waals surface area (Å²) >= 11 is 0. The highest BCUT2D eigenvalue weighted by molar-refractivity contribution is 5.93. The predicted molar refractivity (Wildman–Crippen MR) is 98.9 cm³/mol. The zero-order valence-electron chi connectivity index (χ0n) is 14.8. The number of rotatable bonds is 3. The fourth-order valence-electron chi connectivity index (χ4n) is 3.23. The van der Waals surface area contributed by atoms with Crippen LogP contribution in [0.2, 0.25) is 0 Å². The number of imidazole rings is 1. The fourth-order valence-corrected chi connectivity index (χ4v) is 3.23. The molecule has 0 saturated carbocycles. The van der Waals surface area contributed by atoms with Crippen LogP contribution in [0.3, 0.4) is 0 Å². The maximum Gasteiger partial charge on any atom is 0.287 e. The van der Waals surface area contributed by atoms with Crippen molar-refractivity contribution < 1.29 is 9.72 Å². The van der Waals surface area contributed by atoms with E-state index in [1.54, 1.807) is 17.2 Å². The summed E-state index contributed by atoms with van der Waals surface area (Å²) in [6.07, 6.45) is 3.03. The molecule has 4 heterocycles. The van der Waals surface area contributed by atoms with E-state index in [0.717, 1.165) is 11.3 Å². The van der Waals surface area contributed by atoms with E-state index in [2.05, 4.69) is 9.97 Å². The third kappa shape index (κ3) is 3.19. The number of amides is 1. The van der Waals surface area contributed by atoms with Gasteiger partial charge in [-0.2, -0.15) is 0 Å². The van der Waals surface area contributed by atoms with Gasteiger partial charge in [0, 0.05) is 44.1 Å². The highest BCUT2D eigenvalue weighted by Crippen LogP contribution is 2.18. The van der Waals surface area contributed by atoms with Gasteiger partial charge in [0.2, 0.25) is 0 Å². The van der Waals surface area contributed by atoms with Gasteiger partial charge in [-0.15, -0.1) is 0 Å². The molecule has 0 aromatic carbocycles. The highest BCUT2D eigenvalue weighted by Gasteiger charge is 2.25. The van der Waals surface area contributed by atoms with Crippen molar-refractivity contribution in [2.24, 2.45) is 0 Å². The second-order valence-electron chi connectivity index (χ2n) is 6.43. The van der Waals surface area contributed by atoms with E-state index in [9.17, 15) is 14.9 Å². The Bertz CT molecular complexity index is 1010. The van der Waals surface area contributed by atoms with Gasteiger partial charge >= 0.3 is 0 Å². The summed E-state index contributed by atoms with van der Waals surface area (Å²) in [4.78, 5) is 35.4. The topological polar surface area (TPSA) is 96.9 Å². The first-order chi connectivity index (χ1) is 13.0. The molecule has 0 spiro atoms. The van der Waals surface area contributed by atoms with Crippen molar-refractivity contribution in [2.45, 2.75) is 6.92 Å². The van der Waals surface area contributed by atoms with E-state index >= 15 is 0 Å². The Morgan fingerprint density at radius 1 is 1.15 bits per heavy atom. The lowest BCUT2D eigenvalue weighted by Crippen LogP contribution is -2.49. The van der Waals surface area contributed by atoms with Crippen LogP contribution in [-0.4, -0.2) is 56.3 Å². The van der Waals surface area contributed by atoms with E-state index < -0.39 is 4.92 Å². The first kappa shape index (κ1) is 17.0. The second kappa shape index (κ2) is 6.67. The zero-order valence-corrected chi connectivity index (χ0v) is 14.8. The maximum absolute atomic E-state index is 12.8. The molecule has 27 heavy (non-hydrogen) atoms. The van der Waals surface area contributed by atoms with Gasteiger partial charge in [-0.25, -0.2) is 9.97 Å². The molecule has 0 unspecified atom stereocenters. The van der Waals surface area contributed by atoms with Crippen molar-refractivity contribution >= 4 is 23.1 Å². The SMILES string of the molecule is Cc1cccc2nc(C(=O)N3CCN(c4ccc([N+](=O)[O-])cn4)CC3)cn12. The Morgan fingerprint density at radius 2 is 1.93 bits per heavy atom. The quantitative estimate of drug-likeness (QED) is 0.519. The number of hydrogen-bond acceptors (Lipinski definition) is 6. The summed E-state index contributed by atoms with van der Waals surface area (Å²) in [5.74, 6) is 0.588. The van der Waals surface area contributed by atoms with Crippen LogP contribution < -0.4 is 4.90 Å². The molecule has 1 amide bonds. The number of nitrogens with zero attached hydrogens (tertiary/aromatic N) is 6. The molecule has 1 aliphatic heterocycles. The number of hydrogen-bond donors (Lipinski definition) is 0. The van der Waals surface area contributed by atoms with Gasteiger partial charge < -0.3 is 14.2 Å². The Balaban J connectivity index is 1.44. The third-order valence-electron chi connectivity index (χ3n) is 4.75. The Hall–Kier alpha value is -3.49. The Morgan fingerprint density at radius 3 is 2.56 bits per heavy atom. The Kier molecular flexibility index (Phi) is 4.19. The van der Waals surface area contributed by atoms with Gasteiger partial charge in [-0.05, 0) is 25.1 Å². The molecular formula is C18H18N6O3. The maximum atomic E-state index is 12.8. The van der Waals surface area contributed by atoms with E-state index in [1.807, 2.05) is 34.4 Å². The summed E-state index contributed by atoms with van der Waals surface area (Å²) in [5, 5.41) is 10.7. The van der Waals surface area contributed by atoms with Crippen molar-refractivity contribution in [2.75, 3.05) is 31.1 Å². The number of aromatic nitrogens is 3. The van der Waals surface area contributed by atoms with E-state index in [-0.39, 0.29) is 11.6 Å². The van der Waals surface area contributed by atoms with E-state index in [1.165, 1.54) is 12.3 Å². The minimum atomic E-state index is -0.468. The van der Waals surface area contributed by atoms with Crippen LogP contribution in [0.15, 0.2) is 42.7 Å². The number of anilines is 1. The van der Waals surface area contributed by atoms with Crippen LogP contribution in [-0.2, 0) is 0 Å². The van der Waals surface area contributed by atoms with Crippen LogP contribution in [0.25, 0.3) is 5.65 Å². The normalized spacial score (nSPS) is 14.6. The molecule has 0 radical (unpaired) electrons. The lowest BCUT2D eigenvalue weighted by atomic mass is 10.2. The summed E-state index contributed by atoms with van der Waals surface area (Å²) in [6.45, 7) is 4.29. The molecule has 4 rings (SSSR count). The van der Waals surface area contributed by atoms with Crippen molar-refractivity contribution in [3.8, 4) is 0 Å². The molecule has 3 aromatic rings. The zero-order chi connectivity index (χ0) is 19.0. The molecule has 0 bridgehead atoms. The first-order valence-corrected chi connectivity index (χ1v) is 8.62. The minimum Gasteiger partial charge on any atom is -0.353 e. The van der Waals surface area contributed by atoms with E-state index in [4.69, 9.17) is 0 Å².